The molecule has 0 saturated heterocycles. The number of nitrogens with one attached hydrogen (secondary N) is 2. The number of carbonyl (C=O) groups is 1. The van der Waals surface area contributed by atoms with Crippen molar-refractivity contribution in [3.63, 3.8) is 0 Å². The Labute approximate surface area is 171 Å². The van der Waals surface area contributed by atoms with Crippen LogP contribution < -0.4 is 24.2 Å². The summed E-state index contributed by atoms with van der Waals surface area (Å²) in [4.78, 5) is 12.4. The lowest BCUT2D eigenvalue weighted by molar-refractivity contribution is 0.0940. The van der Waals surface area contributed by atoms with Gasteiger partial charge in [-0.15, -0.1) is 0 Å². The number of hydrogen-bond acceptors (Lipinski definition) is 6. The van der Waals surface area contributed by atoms with Gasteiger partial charge in [-0.25, -0.2) is 13.1 Å². The fourth-order valence-corrected chi connectivity index (χ4v) is 3.66. The molecule has 0 saturated carbocycles. The van der Waals surface area contributed by atoms with Crippen LogP contribution in [0.2, 0.25) is 0 Å². The molecule has 9 heteroatoms. The molecule has 29 heavy (non-hydrogen) atoms. The van der Waals surface area contributed by atoms with Crippen molar-refractivity contribution < 1.29 is 27.4 Å². The second-order valence-electron chi connectivity index (χ2n) is 6.49. The largest absolute Gasteiger partial charge is 0.497 e. The van der Waals surface area contributed by atoms with E-state index in [0.717, 1.165) is 0 Å². The average Bonchev–Trinajstić information content (AvgIpc) is 2.71. The summed E-state index contributed by atoms with van der Waals surface area (Å²) in [6, 6.07) is 9.14. The Morgan fingerprint density at radius 2 is 1.66 bits per heavy atom. The van der Waals surface area contributed by atoms with Gasteiger partial charge in [-0.3, -0.25) is 4.79 Å². The normalized spacial score (nSPS) is 11.2. The standard InChI is InChI=1S/C20H26N2O6S/c1-13(2)22-20(23)17-11-16(8-9-18(17)27-4)29(24,25)21-12-14-6-7-15(26-3)10-19(14)28-5/h6-11,13,21H,12H2,1-5H3,(H,22,23). The molecule has 0 spiro atoms. The van der Waals surface area contributed by atoms with Crippen molar-refractivity contribution in [1.29, 1.82) is 0 Å². The number of rotatable bonds is 9. The van der Waals surface area contributed by atoms with Gasteiger partial charge in [0.05, 0.1) is 31.8 Å². The highest BCUT2D eigenvalue weighted by molar-refractivity contribution is 7.89. The third-order valence-electron chi connectivity index (χ3n) is 4.09. The monoisotopic (exact) mass is 422 g/mol. The molecule has 0 aliphatic heterocycles. The summed E-state index contributed by atoms with van der Waals surface area (Å²) in [5.41, 5.74) is 0.786. The van der Waals surface area contributed by atoms with Crippen LogP contribution in [0.5, 0.6) is 17.2 Å². The summed E-state index contributed by atoms with van der Waals surface area (Å²) >= 11 is 0. The van der Waals surface area contributed by atoms with Crippen LogP contribution in [0.15, 0.2) is 41.3 Å². The van der Waals surface area contributed by atoms with Gasteiger partial charge in [0.2, 0.25) is 10.0 Å². The quantitative estimate of drug-likeness (QED) is 0.643. The zero-order valence-electron chi connectivity index (χ0n) is 17.1. The molecule has 0 aliphatic carbocycles. The number of carbonyl (C=O) groups excluding carboxylic acids is 1. The van der Waals surface area contributed by atoms with E-state index >= 15 is 0 Å². The molecule has 0 atom stereocenters. The van der Waals surface area contributed by atoms with Crippen LogP contribution in [0.25, 0.3) is 0 Å². The molecule has 2 aromatic rings. The SMILES string of the molecule is COc1ccc(CNS(=O)(=O)c2ccc(OC)c(C(=O)NC(C)C)c2)c(OC)c1. The van der Waals surface area contributed by atoms with E-state index < -0.39 is 15.9 Å². The van der Waals surface area contributed by atoms with Crippen LogP contribution in [-0.4, -0.2) is 41.7 Å². The van der Waals surface area contributed by atoms with Gasteiger partial charge in [0.1, 0.15) is 17.2 Å². The predicted octanol–water partition coefficient (Wildman–Crippen LogP) is 2.33. The second kappa shape index (κ2) is 9.62. The molecular weight excluding hydrogens is 396 g/mol. The third kappa shape index (κ3) is 5.61. The molecule has 158 valence electrons. The highest BCUT2D eigenvalue weighted by Crippen LogP contribution is 2.26. The topological polar surface area (TPSA) is 103 Å². The van der Waals surface area contributed by atoms with E-state index in [4.69, 9.17) is 14.2 Å². The first-order chi connectivity index (χ1) is 13.7. The Morgan fingerprint density at radius 3 is 2.24 bits per heavy atom. The van der Waals surface area contributed by atoms with E-state index in [1.54, 1.807) is 18.2 Å². The Kier molecular flexibility index (Phi) is 7.46. The van der Waals surface area contributed by atoms with E-state index in [-0.39, 0.29) is 23.0 Å². The second-order valence-corrected chi connectivity index (χ2v) is 8.26. The van der Waals surface area contributed by atoms with Crippen molar-refractivity contribution in [2.24, 2.45) is 0 Å². The van der Waals surface area contributed by atoms with Crippen molar-refractivity contribution in [3.05, 3.63) is 47.5 Å². The minimum Gasteiger partial charge on any atom is -0.497 e. The summed E-state index contributed by atoms with van der Waals surface area (Å²) in [5, 5.41) is 2.73. The summed E-state index contributed by atoms with van der Waals surface area (Å²) in [5.74, 6) is 0.979. The summed E-state index contributed by atoms with van der Waals surface area (Å²) < 4.78 is 43.7. The molecule has 2 aromatic carbocycles. The average molecular weight is 423 g/mol. The smallest absolute Gasteiger partial charge is 0.255 e. The molecule has 1 amide bonds. The van der Waals surface area contributed by atoms with Crippen LogP contribution >= 0.6 is 0 Å². The zero-order valence-corrected chi connectivity index (χ0v) is 17.9. The fraction of sp³-hybridized carbons (Fsp3) is 0.350. The third-order valence-corrected chi connectivity index (χ3v) is 5.49. The van der Waals surface area contributed by atoms with Gasteiger partial charge in [-0.05, 0) is 38.1 Å². The van der Waals surface area contributed by atoms with Gasteiger partial charge in [0.25, 0.3) is 5.91 Å². The lowest BCUT2D eigenvalue weighted by Crippen LogP contribution is -2.31. The van der Waals surface area contributed by atoms with E-state index in [1.807, 2.05) is 13.8 Å². The Hall–Kier alpha value is -2.78. The molecule has 0 fully saturated rings. The zero-order chi connectivity index (χ0) is 21.6. The van der Waals surface area contributed by atoms with Crippen LogP contribution in [-0.2, 0) is 16.6 Å². The highest BCUT2D eigenvalue weighted by Gasteiger charge is 2.20. The summed E-state index contributed by atoms with van der Waals surface area (Å²) in [7, 11) is 0.571. The van der Waals surface area contributed by atoms with Crippen molar-refractivity contribution in [2.45, 2.75) is 31.3 Å². The van der Waals surface area contributed by atoms with Gasteiger partial charge in [0, 0.05) is 24.2 Å². The lowest BCUT2D eigenvalue weighted by atomic mass is 10.2. The molecular formula is C20H26N2O6S. The Bertz CT molecular complexity index is 973. The van der Waals surface area contributed by atoms with Gasteiger partial charge in [0.15, 0.2) is 0 Å². The van der Waals surface area contributed by atoms with Crippen molar-refractivity contribution >= 4 is 15.9 Å². The summed E-state index contributed by atoms with van der Waals surface area (Å²) in [6.07, 6.45) is 0. The minimum atomic E-state index is -3.88. The van der Waals surface area contributed by atoms with E-state index in [9.17, 15) is 13.2 Å². The fourth-order valence-electron chi connectivity index (χ4n) is 2.63. The number of benzene rings is 2. The molecule has 0 heterocycles. The molecule has 0 radical (unpaired) electrons. The number of hydrogen-bond donors (Lipinski definition) is 2. The molecule has 0 bridgehead atoms. The number of methoxy groups -OCH3 is 3. The molecule has 0 unspecified atom stereocenters. The predicted molar refractivity (Wildman–Crippen MR) is 109 cm³/mol. The van der Waals surface area contributed by atoms with Crippen LogP contribution in [0.3, 0.4) is 0 Å². The molecule has 8 nitrogen and oxygen atoms in total. The van der Waals surface area contributed by atoms with Crippen molar-refractivity contribution in [1.82, 2.24) is 10.0 Å². The van der Waals surface area contributed by atoms with Crippen LogP contribution in [0, 0.1) is 0 Å². The maximum absolute atomic E-state index is 12.8. The van der Waals surface area contributed by atoms with E-state index in [1.165, 1.54) is 39.5 Å². The number of amides is 1. The minimum absolute atomic E-state index is 0.00898. The number of sulfonamides is 1. The van der Waals surface area contributed by atoms with E-state index in [2.05, 4.69) is 10.0 Å². The Balaban J connectivity index is 2.28. The van der Waals surface area contributed by atoms with Crippen molar-refractivity contribution in [2.75, 3.05) is 21.3 Å². The number of ether oxygens (including phenoxy) is 3. The van der Waals surface area contributed by atoms with Gasteiger partial charge < -0.3 is 19.5 Å². The van der Waals surface area contributed by atoms with Crippen LogP contribution in [0.1, 0.15) is 29.8 Å². The first kappa shape index (κ1) is 22.5. The van der Waals surface area contributed by atoms with Gasteiger partial charge in [-0.2, -0.15) is 0 Å². The van der Waals surface area contributed by atoms with E-state index in [0.29, 0.717) is 22.8 Å². The highest BCUT2D eigenvalue weighted by atomic mass is 32.2. The first-order valence-electron chi connectivity index (χ1n) is 8.91. The maximum Gasteiger partial charge on any atom is 0.255 e. The molecule has 0 aromatic heterocycles. The van der Waals surface area contributed by atoms with Gasteiger partial charge in [-0.1, -0.05) is 6.07 Å². The van der Waals surface area contributed by atoms with Gasteiger partial charge >= 0.3 is 0 Å². The molecule has 0 aliphatic rings. The molecule has 2 rings (SSSR count). The Morgan fingerprint density at radius 1 is 0.966 bits per heavy atom. The maximum atomic E-state index is 12.8. The first-order valence-corrected chi connectivity index (χ1v) is 10.4. The van der Waals surface area contributed by atoms with Crippen molar-refractivity contribution in [3.8, 4) is 17.2 Å². The lowest BCUT2D eigenvalue weighted by Gasteiger charge is -2.14. The molecule has 2 N–H and O–H groups in total. The van der Waals surface area contributed by atoms with Crippen LogP contribution in [0.4, 0.5) is 0 Å². The summed E-state index contributed by atoms with van der Waals surface area (Å²) in [6.45, 7) is 3.64.